The third-order valence-electron chi connectivity index (χ3n) is 6.27. The first-order valence-corrected chi connectivity index (χ1v) is 12.8. The minimum absolute atomic E-state index is 0.0496. The van der Waals surface area contributed by atoms with Crippen molar-refractivity contribution in [2.75, 3.05) is 50.8 Å². The molecule has 2 aromatic carbocycles. The van der Waals surface area contributed by atoms with E-state index in [2.05, 4.69) is 11.0 Å². The zero-order valence-corrected chi connectivity index (χ0v) is 18.9. The van der Waals surface area contributed by atoms with Crippen LogP contribution in [0.5, 0.6) is 0 Å². The summed E-state index contributed by atoms with van der Waals surface area (Å²) in [5.74, 6) is 0.248. The monoisotopic (exact) mass is 452 g/mol. The number of sulfone groups is 1. The maximum absolute atomic E-state index is 13.6. The van der Waals surface area contributed by atoms with Crippen molar-refractivity contribution in [2.24, 2.45) is 0 Å². The summed E-state index contributed by atoms with van der Waals surface area (Å²) in [6, 6.07) is 19.0. The first-order chi connectivity index (χ1) is 15.4. The fourth-order valence-corrected chi connectivity index (χ4v) is 5.60. The number of rotatable bonds is 5. The molecule has 168 valence electrons. The highest BCUT2D eigenvalue weighted by Gasteiger charge is 2.35. The molecule has 0 aromatic heterocycles. The van der Waals surface area contributed by atoms with Crippen molar-refractivity contribution < 1.29 is 13.2 Å². The van der Waals surface area contributed by atoms with E-state index in [0.717, 1.165) is 30.8 Å². The number of benzene rings is 2. The lowest BCUT2D eigenvalue weighted by Gasteiger charge is -2.40. The third-order valence-corrected chi connectivity index (χ3v) is 7.88. The number of nitriles is 1. The minimum atomic E-state index is -3.01. The minimum Gasteiger partial charge on any atom is -0.338 e. The second kappa shape index (κ2) is 9.82. The van der Waals surface area contributed by atoms with Gasteiger partial charge >= 0.3 is 0 Å². The van der Waals surface area contributed by atoms with E-state index >= 15 is 0 Å². The number of amides is 1. The van der Waals surface area contributed by atoms with E-state index in [0.29, 0.717) is 31.7 Å². The maximum atomic E-state index is 13.6. The Balaban J connectivity index is 1.41. The third kappa shape index (κ3) is 5.36. The zero-order valence-electron chi connectivity index (χ0n) is 18.1. The Kier molecular flexibility index (Phi) is 6.89. The number of hydrogen-bond donors (Lipinski definition) is 0. The average molecular weight is 453 g/mol. The lowest BCUT2D eigenvalue weighted by molar-refractivity contribution is -0.139. The fraction of sp³-hybridized carbons (Fsp3) is 0.417. The van der Waals surface area contributed by atoms with Crippen LogP contribution in [0.3, 0.4) is 0 Å². The van der Waals surface area contributed by atoms with Crippen molar-refractivity contribution in [1.29, 1.82) is 5.26 Å². The predicted molar refractivity (Wildman–Crippen MR) is 122 cm³/mol. The van der Waals surface area contributed by atoms with Crippen LogP contribution in [0.25, 0.3) is 0 Å². The van der Waals surface area contributed by atoms with Crippen LogP contribution >= 0.6 is 0 Å². The van der Waals surface area contributed by atoms with E-state index < -0.39 is 15.9 Å². The van der Waals surface area contributed by atoms with Crippen LogP contribution < -0.4 is 0 Å². The number of carbonyl (C=O) groups excluding carboxylic acids is 1. The quantitative estimate of drug-likeness (QED) is 0.686. The van der Waals surface area contributed by atoms with Crippen LogP contribution in [0.2, 0.25) is 0 Å². The molecule has 2 aromatic rings. The molecule has 2 saturated heterocycles. The molecule has 0 bridgehead atoms. The van der Waals surface area contributed by atoms with Gasteiger partial charge in [0.2, 0.25) is 5.91 Å². The predicted octanol–water partition coefficient (Wildman–Crippen LogP) is 1.67. The molecule has 0 radical (unpaired) electrons. The Morgan fingerprint density at radius 1 is 0.906 bits per heavy atom. The van der Waals surface area contributed by atoms with Crippen molar-refractivity contribution in [3.05, 3.63) is 71.3 Å². The largest absolute Gasteiger partial charge is 0.338 e. The van der Waals surface area contributed by atoms with Gasteiger partial charge in [0.15, 0.2) is 9.84 Å². The normalized spacial score (nSPS) is 20.4. The maximum Gasteiger partial charge on any atom is 0.244 e. The molecule has 1 atom stereocenters. The highest BCUT2D eigenvalue weighted by molar-refractivity contribution is 7.91. The lowest BCUT2D eigenvalue weighted by Crippen LogP contribution is -2.53. The summed E-state index contributed by atoms with van der Waals surface area (Å²) < 4.78 is 23.8. The SMILES string of the molecule is N#Cc1ccc(CN2CCN(C(=O)C(c3ccccc3)N3CCS(=O)(=O)CC3)CC2)cc1. The molecular formula is C24H28N4O3S. The van der Waals surface area contributed by atoms with Gasteiger partial charge in [-0.2, -0.15) is 5.26 Å². The summed E-state index contributed by atoms with van der Waals surface area (Å²) in [6.45, 7) is 4.40. The molecule has 2 fully saturated rings. The number of piperazine rings is 1. The molecule has 2 aliphatic rings. The Bertz CT molecular complexity index is 1060. The Morgan fingerprint density at radius 3 is 2.12 bits per heavy atom. The summed E-state index contributed by atoms with van der Waals surface area (Å²) >= 11 is 0. The fourth-order valence-electron chi connectivity index (χ4n) is 4.37. The van der Waals surface area contributed by atoms with Crippen molar-refractivity contribution in [2.45, 2.75) is 12.6 Å². The van der Waals surface area contributed by atoms with Gasteiger partial charge in [-0.05, 0) is 23.3 Å². The summed E-state index contributed by atoms with van der Waals surface area (Å²) in [5.41, 5.74) is 2.72. The van der Waals surface area contributed by atoms with Crippen LogP contribution in [0.15, 0.2) is 54.6 Å². The van der Waals surface area contributed by atoms with E-state index in [-0.39, 0.29) is 17.4 Å². The average Bonchev–Trinajstić information content (AvgIpc) is 2.82. The van der Waals surface area contributed by atoms with Crippen molar-refractivity contribution >= 4 is 15.7 Å². The molecule has 2 aliphatic heterocycles. The van der Waals surface area contributed by atoms with E-state index in [1.165, 1.54) is 0 Å². The second-order valence-corrected chi connectivity index (χ2v) is 10.7. The molecule has 7 nitrogen and oxygen atoms in total. The molecule has 0 N–H and O–H groups in total. The Labute approximate surface area is 189 Å². The van der Waals surface area contributed by atoms with Crippen LogP contribution in [-0.2, 0) is 21.2 Å². The van der Waals surface area contributed by atoms with Gasteiger partial charge in [0, 0.05) is 45.8 Å². The standard InChI is InChI=1S/C24H28N4O3S/c25-18-20-6-8-21(9-7-20)19-26-10-12-28(13-11-26)24(29)23(22-4-2-1-3-5-22)27-14-16-32(30,31)17-15-27/h1-9,23H,10-17,19H2. The van der Waals surface area contributed by atoms with Gasteiger partial charge in [-0.3, -0.25) is 14.6 Å². The first-order valence-electron chi connectivity index (χ1n) is 10.9. The molecular weight excluding hydrogens is 424 g/mol. The van der Waals surface area contributed by atoms with E-state index in [1.807, 2.05) is 64.4 Å². The van der Waals surface area contributed by atoms with Gasteiger partial charge in [0.05, 0.1) is 23.1 Å². The van der Waals surface area contributed by atoms with Gasteiger partial charge < -0.3 is 4.90 Å². The summed E-state index contributed by atoms with van der Waals surface area (Å²) in [4.78, 5) is 19.8. The summed E-state index contributed by atoms with van der Waals surface area (Å²) in [5, 5.41) is 8.95. The highest BCUT2D eigenvalue weighted by atomic mass is 32.2. The number of hydrogen-bond acceptors (Lipinski definition) is 6. The molecule has 4 rings (SSSR count). The Morgan fingerprint density at radius 2 is 1.53 bits per heavy atom. The van der Waals surface area contributed by atoms with Crippen molar-refractivity contribution in [3.8, 4) is 6.07 Å². The smallest absolute Gasteiger partial charge is 0.244 e. The molecule has 32 heavy (non-hydrogen) atoms. The van der Waals surface area contributed by atoms with E-state index in [4.69, 9.17) is 5.26 Å². The van der Waals surface area contributed by atoms with E-state index in [9.17, 15) is 13.2 Å². The van der Waals surface area contributed by atoms with Gasteiger partial charge in [-0.25, -0.2) is 8.42 Å². The van der Waals surface area contributed by atoms with Crippen molar-refractivity contribution in [3.63, 3.8) is 0 Å². The van der Waals surface area contributed by atoms with Gasteiger partial charge in [-0.15, -0.1) is 0 Å². The highest BCUT2D eigenvalue weighted by Crippen LogP contribution is 2.26. The Hall–Kier alpha value is -2.73. The van der Waals surface area contributed by atoms with Gasteiger partial charge in [0.1, 0.15) is 6.04 Å². The van der Waals surface area contributed by atoms with Gasteiger partial charge in [-0.1, -0.05) is 42.5 Å². The molecule has 1 amide bonds. The first kappa shape index (κ1) is 22.5. The zero-order chi connectivity index (χ0) is 22.6. The second-order valence-electron chi connectivity index (χ2n) is 8.41. The summed E-state index contributed by atoms with van der Waals surface area (Å²) in [6.07, 6.45) is 0. The lowest BCUT2D eigenvalue weighted by atomic mass is 10.0. The van der Waals surface area contributed by atoms with Gasteiger partial charge in [0.25, 0.3) is 0 Å². The molecule has 0 spiro atoms. The van der Waals surface area contributed by atoms with Crippen LogP contribution in [0, 0.1) is 11.3 Å². The molecule has 0 saturated carbocycles. The number of nitrogens with zero attached hydrogens (tertiary/aromatic N) is 4. The van der Waals surface area contributed by atoms with E-state index in [1.54, 1.807) is 0 Å². The topological polar surface area (TPSA) is 84.7 Å². The molecule has 2 heterocycles. The van der Waals surface area contributed by atoms with Crippen LogP contribution in [0.4, 0.5) is 0 Å². The summed E-state index contributed by atoms with van der Waals surface area (Å²) in [7, 11) is -3.01. The number of carbonyl (C=O) groups is 1. The molecule has 0 aliphatic carbocycles. The van der Waals surface area contributed by atoms with Crippen LogP contribution in [-0.4, -0.2) is 79.8 Å². The van der Waals surface area contributed by atoms with Crippen LogP contribution in [0.1, 0.15) is 22.7 Å². The molecule has 1 unspecified atom stereocenters. The van der Waals surface area contributed by atoms with Crippen molar-refractivity contribution in [1.82, 2.24) is 14.7 Å². The molecule has 8 heteroatoms.